The number of hydrogen-bond donors (Lipinski definition) is 0. The molecule has 2 aromatic rings. The van der Waals surface area contributed by atoms with Crippen molar-refractivity contribution in [3.63, 3.8) is 0 Å². The minimum atomic E-state index is -3.93. The molecule has 0 saturated heterocycles. The van der Waals surface area contributed by atoms with Crippen molar-refractivity contribution in [2.45, 2.75) is 29.9 Å². The highest BCUT2D eigenvalue weighted by Gasteiger charge is 2.77. The fraction of sp³-hybridized carbons (Fsp3) is 0.300. The van der Waals surface area contributed by atoms with E-state index in [0.717, 1.165) is 5.56 Å². The molecule has 0 aromatic heterocycles. The largest absolute Gasteiger partial charge is 0.465 e. The molecule has 0 N–H and O–H groups in total. The van der Waals surface area contributed by atoms with Gasteiger partial charge in [-0.1, -0.05) is 41.4 Å². The molecule has 0 unspecified atom stereocenters. The minimum absolute atomic E-state index is 0.0624. The van der Waals surface area contributed by atoms with Crippen molar-refractivity contribution >= 4 is 27.4 Å². The van der Waals surface area contributed by atoms with Gasteiger partial charge in [0.1, 0.15) is 5.25 Å². The average molecular weight is 404 g/mol. The predicted octanol–water partition coefficient (Wildman–Crippen LogP) is 3.66. The van der Waals surface area contributed by atoms with E-state index in [2.05, 4.69) is 0 Å². The smallest absolute Gasteiger partial charge is 0.328 e. The highest BCUT2D eigenvalue weighted by Crippen LogP contribution is 2.64. The Morgan fingerprint density at radius 3 is 2.30 bits per heavy atom. The first-order valence-corrected chi connectivity index (χ1v) is 10.4. The van der Waals surface area contributed by atoms with Gasteiger partial charge in [0.15, 0.2) is 15.3 Å². The van der Waals surface area contributed by atoms with Gasteiger partial charge in [0.25, 0.3) is 0 Å². The maximum atomic E-state index is 13.3. The van der Waals surface area contributed by atoms with Crippen LogP contribution in [0.25, 0.3) is 0 Å². The first kappa shape index (κ1) is 19.4. The lowest BCUT2D eigenvalue weighted by atomic mass is 10.0. The Balaban J connectivity index is 2.12. The van der Waals surface area contributed by atoms with Crippen LogP contribution in [0.1, 0.15) is 24.0 Å². The summed E-state index contributed by atoms with van der Waals surface area (Å²) in [5, 5.41) is 9.10. The van der Waals surface area contributed by atoms with Gasteiger partial charge >= 0.3 is 5.97 Å². The van der Waals surface area contributed by atoms with E-state index in [1.165, 1.54) is 12.1 Å². The Labute approximate surface area is 163 Å². The number of ether oxygens (including phenoxy) is 1. The van der Waals surface area contributed by atoms with Crippen molar-refractivity contribution in [2.24, 2.45) is 5.41 Å². The number of benzene rings is 2. The van der Waals surface area contributed by atoms with Crippen molar-refractivity contribution in [2.75, 3.05) is 6.61 Å². The van der Waals surface area contributed by atoms with E-state index in [0.29, 0.717) is 10.6 Å². The maximum absolute atomic E-state index is 13.3. The first-order chi connectivity index (χ1) is 12.8. The lowest BCUT2D eigenvalue weighted by Crippen LogP contribution is -2.25. The summed E-state index contributed by atoms with van der Waals surface area (Å²) < 4.78 is 31.6. The average Bonchev–Trinajstić information content (AvgIpc) is 3.34. The molecule has 0 aliphatic heterocycles. The van der Waals surface area contributed by atoms with Crippen LogP contribution in [0.4, 0.5) is 0 Å². The molecule has 0 heterocycles. The third-order valence-electron chi connectivity index (χ3n) is 4.84. The Morgan fingerprint density at radius 1 is 1.19 bits per heavy atom. The van der Waals surface area contributed by atoms with E-state index in [4.69, 9.17) is 16.3 Å². The van der Waals surface area contributed by atoms with E-state index in [-0.39, 0.29) is 11.5 Å². The second kappa shape index (κ2) is 6.99. The lowest BCUT2D eigenvalue weighted by molar-refractivity contribution is -0.147. The Bertz CT molecular complexity index is 1010. The molecule has 0 spiro atoms. The zero-order valence-corrected chi connectivity index (χ0v) is 16.4. The van der Waals surface area contributed by atoms with Crippen LogP contribution in [0.2, 0.25) is 5.02 Å². The van der Waals surface area contributed by atoms with E-state index < -0.39 is 32.4 Å². The zero-order valence-electron chi connectivity index (χ0n) is 14.8. The number of carbonyl (C=O) groups is 1. The van der Waals surface area contributed by atoms with Crippen molar-refractivity contribution in [3.8, 4) is 6.07 Å². The van der Waals surface area contributed by atoms with Crippen molar-refractivity contribution in [1.82, 2.24) is 0 Å². The van der Waals surface area contributed by atoms with Gasteiger partial charge in [-0.15, -0.1) is 0 Å². The van der Waals surface area contributed by atoms with Gasteiger partial charge < -0.3 is 4.74 Å². The summed E-state index contributed by atoms with van der Waals surface area (Å²) in [4.78, 5) is 12.7. The molecule has 0 amide bonds. The molecule has 2 aromatic carbocycles. The molecule has 140 valence electrons. The first-order valence-electron chi connectivity index (χ1n) is 8.43. The summed E-state index contributed by atoms with van der Waals surface area (Å²) in [7, 11) is -3.93. The molecule has 1 aliphatic carbocycles. The third-order valence-corrected chi connectivity index (χ3v) is 7.34. The van der Waals surface area contributed by atoms with Gasteiger partial charge in [-0.05, 0) is 43.7 Å². The van der Waals surface area contributed by atoms with Gasteiger partial charge in [-0.2, -0.15) is 5.26 Å². The summed E-state index contributed by atoms with van der Waals surface area (Å²) in [5.74, 6) is -1.63. The van der Waals surface area contributed by atoms with Crippen molar-refractivity contribution in [3.05, 3.63) is 64.7 Å². The second-order valence-electron chi connectivity index (χ2n) is 6.51. The number of aryl methyl sites for hydroxylation is 1. The molecule has 3 atom stereocenters. The van der Waals surface area contributed by atoms with E-state index >= 15 is 0 Å². The SMILES string of the molecule is CCOC(=O)[C@]1(C#N)[C@H](c2ccc(Cl)cc2)[C@H]1S(=O)(=O)c1ccc(C)cc1. The summed E-state index contributed by atoms with van der Waals surface area (Å²) in [5.41, 5.74) is -0.293. The number of halogens is 1. The number of rotatable bonds is 5. The quantitative estimate of drug-likeness (QED) is 0.711. The predicted molar refractivity (Wildman–Crippen MR) is 101 cm³/mol. The van der Waals surface area contributed by atoms with Crippen LogP contribution in [0, 0.1) is 23.7 Å². The number of hydrogen-bond acceptors (Lipinski definition) is 5. The number of carbonyl (C=O) groups excluding carboxylic acids is 1. The van der Waals surface area contributed by atoms with Gasteiger partial charge in [-0.25, -0.2) is 8.42 Å². The number of nitrogens with zero attached hydrogens (tertiary/aromatic N) is 1. The Hall–Kier alpha value is -2.36. The normalized spacial score (nSPS) is 24.1. The lowest BCUT2D eigenvalue weighted by Gasteiger charge is -2.09. The van der Waals surface area contributed by atoms with E-state index in [1.54, 1.807) is 43.3 Å². The minimum Gasteiger partial charge on any atom is -0.465 e. The topological polar surface area (TPSA) is 84.2 Å². The Kier molecular flexibility index (Phi) is 5.02. The van der Waals surface area contributed by atoms with Gasteiger partial charge in [-0.3, -0.25) is 4.79 Å². The van der Waals surface area contributed by atoms with Crippen LogP contribution in [-0.2, 0) is 19.4 Å². The fourth-order valence-corrected chi connectivity index (χ4v) is 5.81. The van der Waals surface area contributed by atoms with Crippen LogP contribution in [0.15, 0.2) is 53.4 Å². The van der Waals surface area contributed by atoms with Crippen molar-refractivity contribution < 1.29 is 17.9 Å². The molecular formula is C20H18ClNO4S. The van der Waals surface area contributed by atoms with Crippen LogP contribution in [0.3, 0.4) is 0 Å². The molecule has 3 rings (SSSR count). The number of nitriles is 1. The Morgan fingerprint density at radius 2 is 1.78 bits per heavy atom. The number of sulfone groups is 1. The second-order valence-corrected chi connectivity index (χ2v) is 9.01. The van der Waals surface area contributed by atoms with Crippen LogP contribution < -0.4 is 0 Å². The molecule has 1 saturated carbocycles. The maximum Gasteiger partial charge on any atom is 0.328 e. The van der Waals surface area contributed by atoms with Crippen LogP contribution in [-0.4, -0.2) is 26.2 Å². The van der Waals surface area contributed by atoms with Crippen LogP contribution in [0.5, 0.6) is 0 Å². The molecule has 27 heavy (non-hydrogen) atoms. The molecule has 0 radical (unpaired) electrons. The zero-order chi connectivity index (χ0) is 19.8. The van der Waals surface area contributed by atoms with Crippen molar-refractivity contribution in [1.29, 1.82) is 5.26 Å². The summed E-state index contributed by atoms with van der Waals surface area (Å²) in [6.07, 6.45) is 0. The van der Waals surface area contributed by atoms with E-state index in [1.807, 2.05) is 13.0 Å². The monoisotopic (exact) mass is 403 g/mol. The van der Waals surface area contributed by atoms with E-state index in [9.17, 15) is 18.5 Å². The molecular weight excluding hydrogens is 386 g/mol. The van der Waals surface area contributed by atoms with Gasteiger partial charge in [0.05, 0.1) is 17.6 Å². The third kappa shape index (κ3) is 3.11. The van der Waals surface area contributed by atoms with Gasteiger partial charge in [0, 0.05) is 10.9 Å². The summed E-state index contributed by atoms with van der Waals surface area (Å²) in [6.45, 7) is 3.53. The molecule has 0 bridgehead atoms. The molecule has 7 heteroatoms. The highest BCUT2D eigenvalue weighted by molar-refractivity contribution is 7.92. The standard InChI is InChI=1S/C20H18ClNO4S/c1-3-26-19(23)20(12-22)17(14-6-8-15(21)9-7-14)18(20)27(24,25)16-10-4-13(2)5-11-16/h4-11,17-18H,3H2,1-2H3/t17-,18-,20-/m1/s1. The summed E-state index contributed by atoms with van der Waals surface area (Å²) >= 11 is 5.92. The molecule has 1 aliphatic rings. The van der Waals surface area contributed by atoms with Crippen LogP contribution >= 0.6 is 11.6 Å². The highest BCUT2D eigenvalue weighted by atomic mass is 35.5. The fourth-order valence-electron chi connectivity index (χ4n) is 3.43. The molecule has 5 nitrogen and oxygen atoms in total. The number of esters is 1. The molecule has 1 fully saturated rings. The van der Waals surface area contributed by atoms with Gasteiger partial charge in [0.2, 0.25) is 0 Å². The summed E-state index contributed by atoms with van der Waals surface area (Å²) in [6, 6.07) is 14.8.